The number of fused-ring (bicyclic) bond motifs is 4. The Kier molecular flexibility index (Phi) is 5.91. The Bertz CT molecular complexity index is 1460. The minimum Gasteiger partial charge on any atom is -0.324 e. The molecule has 0 saturated heterocycles. The number of nitrogens with one attached hydrogen (secondary N) is 1. The Labute approximate surface area is 212 Å². The van der Waals surface area contributed by atoms with E-state index in [2.05, 4.69) is 43.6 Å². The maximum absolute atomic E-state index is 13.6. The molecule has 2 aliphatic rings. The number of anilines is 2. The summed E-state index contributed by atoms with van der Waals surface area (Å²) >= 11 is 0. The molecule has 10 heteroatoms. The smallest absolute Gasteiger partial charge is 0.324 e. The lowest BCUT2D eigenvalue weighted by atomic mass is 10.0. The lowest BCUT2D eigenvalue weighted by Crippen LogP contribution is -2.20. The number of benzene rings is 2. The maximum atomic E-state index is 13.6. The maximum Gasteiger partial charge on any atom is 0.453 e. The Balaban J connectivity index is 1.39. The quantitative estimate of drug-likeness (QED) is 0.422. The van der Waals surface area contributed by atoms with E-state index in [1.165, 1.54) is 16.7 Å². The van der Waals surface area contributed by atoms with Gasteiger partial charge in [-0.1, -0.05) is 30.3 Å². The fourth-order valence-corrected chi connectivity index (χ4v) is 5.09. The van der Waals surface area contributed by atoms with E-state index in [0.717, 1.165) is 66.7 Å². The van der Waals surface area contributed by atoms with Crippen LogP contribution in [0.15, 0.2) is 48.5 Å². The van der Waals surface area contributed by atoms with Crippen LogP contribution in [0.5, 0.6) is 0 Å². The molecule has 0 fully saturated rings. The molecule has 0 bridgehead atoms. The van der Waals surface area contributed by atoms with Crippen molar-refractivity contribution in [3.63, 3.8) is 0 Å². The highest BCUT2D eigenvalue weighted by Crippen LogP contribution is 2.33. The number of rotatable bonds is 3. The van der Waals surface area contributed by atoms with Crippen LogP contribution in [-0.4, -0.2) is 50.0 Å². The van der Waals surface area contributed by atoms with Crippen LogP contribution in [0.3, 0.4) is 0 Å². The Morgan fingerprint density at radius 3 is 2.46 bits per heavy atom. The van der Waals surface area contributed by atoms with E-state index in [-0.39, 0.29) is 11.8 Å². The van der Waals surface area contributed by atoms with Crippen LogP contribution in [0.25, 0.3) is 17.1 Å². The molecule has 7 nitrogen and oxygen atoms in total. The largest absolute Gasteiger partial charge is 0.453 e. The van der Waals surface area contributed by atoms with Gasteiger partial charge in [0.15, 0.2) is 5.82 Å². The number of alkyl halides is 3. The van der Waals surface area contributed by atoms with Crippen LogP contribution < -0.4 is 5.32 Å². The molecule has 2 aromatic heterocycles. The van der Waals surface area contributed by atoms with Gasteiger partial charge in [0.2, 0.25) is 5.95 Å². The normalized spacial score (nSPS) is 15.8. The van der Waals surface area contributed by atoms with Crippen molar-refractivity contribution in [1.82, 2.24) is 29.9 Å². The zero-order valence-electron chi connectivity index (χ0n) is 20.4. The molecule has 6 rings (SSSR count). The first kappa shape index (κ1) is 23.6. The van der Waals surface area contributed by atoms with Crippen LogP contribution >= 0.6 is 0 Å². The van der Waals surface area contributed by atoms with Gasteiger partial charge < -0.3 is 10.2 Å². The van der Waals surface area contributed by atoms with Crippen molar-refractivity contribution < 1.29 is 13.2 Å². The zero-order valence-corrected chi connectivity index (χ0v) is 20.4. The van der Waals surface area contributed by atoms with E-state index >= 15 is 0 Å². The average Bonchev–Trinajstić information content (AvgIpc) is 3.11. The van der Waals surface area contributed by atoms with E-state index in [1.54, 1.807) is 6.07 Å². The van der Waals surface area contributed by atoms with Crippen molar-refractivity contribution in [3.05, 3.63) is 76.6 Å². The molecule has 0 radical (unpaired) electrons. The molecule has 0 saturated carbocycles. The summed E-state index contributed by atoms with van der Waals surface area (Å²) in [5, 5.41) is 15.6. The highest BCUT2D eigenvalue weighted by Gasteiger charge is 2.37. The Morgan fingerprint density at radius 1 is 0.838 bits per heavy atom. The third-order valence-corrected chi connectivity index (χ3v) is 7.09. The Hall–Kier alpha value is -3.79. The van der Waals surface area contributed by atoms with E-state index in [9.17, 15) is 13.2 Å². The van der Waals surface area contributed by atoms with Crippen molar-refractivity contribution in [2.24, 2.45) is 0 Å². The minimum absolute atomic E-state index is 0.0544. The van der Waals surface area contributed by atoms with Crippen molar-refractivity contribution >= 4 is 11.6 Å². The molecule has 3 heterocycles. The van der Waals surface area contributed by atoms with Crippen LogP contribution in [0, 0.1) is 0 Å². The molecular weight excluding hydrogens is 479 g/mol. The van der Waals surface area contributed by atoms with Crippen molar-refractivity contribution in [3.8, 4) is 17.1 Å². The molecule has 190 valence electrons. The molecule has 1 aliphatic carbocycles. The van der Waals surface area contributed by atoms with Gasteiger partial charge in [0, 0.05) is 24.3 Å². The lowest BCUT2D eigenvalue weighted by molar-refractivity contribution is -0.144. The lowest BCUT2D eigenvalue weighted by Gasteiger charge is -2.12. The highest BCUT2D eigenvalue weighted by atomic mass is 19.4. The number of hydrogen-bond donors (Lipinski definition) is 1. The monoisotopic (exact) mass is 505 g/mol. The topological polar surface area (TPSA) is 71.8 Å². The van der Waals surface area contributed by atoms with Gasteiger partial charge in [-0.05, 0) is 79.6 Å². The summed E-state index contributed by atoms with van der Waals surface area (Å²) in [6.45, 7) is 1.91. The number of aryl methyl sites for hydroxylation is 2. The van der Waals surface area contributed by atoms with Crippen molar-refractivity contribution in [2.75, 3.05) is 25.5 Å². The first-order valence-electron chi connectivity index (χ1n) is 12.4. The number of aromatic nitrogens is 5. The van der Waals surface area contributed by atoms with Crippen molar-refractivity contribution in [2.45, 2.75) is 38.3 Å². The third-order valence-electron chi connectivity index (χ3n) is 7.09. The fraction of sp³-hybridized carbons (Fsp3) is 0.333. The molecule has 0 spiro atoms. The minimum atomic E-state index is -4.70. The van der Waals surface area contributed by atoms with E-state index in [1.807, 2.05) is 36.4 Å². The number of halogens is 3. The van der Waals surface area contributed by atoms with Crippen LogP contribution in [0.2, 0.25) is 0 Å². The van der Waals surface area contributed by atoms with Crippen LogP contribution in [-0.2, 0) is 31.9 Å². The number of hydrogen-bond acceptors (Lipinski definition) is 6. The predicted octanol–water partition coefficient (Wildman–Crippen LogP) is 5.01. The van der Waals surface area contributed by atoms with Gasteiger partial charge in [0.25, 0.3) is 5.82 Å². The fourth-order valence-electron chi connectivity index (χ4n) is 5.09. The third kappa shape index (κ3) is 4.69. The molecule has 37 heavy (non-hydrogen) atoms. The number of likely N-dealkylation sites (N-methyl/N-ethyl adjacent to an activating group) is 1. The molecular formula is C27H26F3N7. The molecule has 0 amide bonds. The van der Waals surface area contributed by atoms with Gasteiger partial charge >= 0.3 is 6.18 Å². The molecule has 1 N–H and O–H groups in total. The summed E-state index contributed by atoms with van der Waals surface area (Å²) in [6.07, 6.45) is -0.318. The van der Waals surface area contributed by atoms with Crippen molar-refractivity contribution in [1.29, 1.82) is 0 Å². The molecule has 4 aromatic rings. The standard InChI is InChI=1S/C27H26F3N7/c1-36-13-11-17-9-10-21(15-19(17)12-14-36)31-26-32-25(27(28,29)30)35-37(26)23-16-20-7-4-6-18-5-2-3-8-22(18)24(20)34-33-23/h2-3,5,8-10,15-16H,4,6-7,11-14H2,1H3,(H,31,32,35). The molecule has 0 atom stereocenters. The van der Waals surface area contributed by atoms with Gasteiger partial charge in [-0.15, -0.1) is 15.3 Å². The Morgan fingerprint density at radius 2 is 1.62 bits per heavy atom. The molecule has 0 unspecified atom stereocenters. The van der Waals surface area contributed by atoms with Crippen LogP contribution in [0.4, 0.5) is 24.8 Å². The second kappa shape index (κ2) is 9.26. The predicted molar refractivity (Wildman–Crippen MR) is 134 cm³/mol. The molecule has 2 aromatic carbocycles. The molecule has 1 aliphatic heterocycles. The van der Waals surface area contributed by atoms with E-state index in [4.69, 9.17) is 0 Å². The average molecular weight is 506 g/mol. The summed E-state index contributed by atoms with van der Waals surface area (Å²) in [7, 11) is 2.09. The second-order valence-electron chi connectivity index (χ2n) is 9.67. The summed E-state index contributed by atoms with van der Waals surface area (Å²) < 4.78 is 42.0. The van der Waals surface area contributed by atoms with Gasteiger partial charge in [0.1, 0.15) is 0 Å². The first-order valence-corrected chi connectivity index (χ1v) is 12.4. The summed E-state index contributed by atoms with van der Waals surface area (Å²) in [6, 6.07) is 15.7. The second-order valence-corrected chi connectivity index (χ2v) is 9.67. The van der Waals surface area contributed by atoms with Gasteiger partial charge in [0.05, 0.1) is 5.69 Å². The van der Waals surface area contributed by atoms with Gasteiger partial charge in [-0.2, -0.15) is 22.8 Å². The van der Waals surface area contributed by atoms with Gasteiger partial charge in [-0.25, -0.2) is 0 Å². The summed E-state index contributed by atoms with van der Waals surface area (Å²) in [5.74, 6) is -1.09. The highest BCUT2D eigenvalue weighted by molar-refractivity contribution is 5.68. The zero-order chi connectivity index (χ0) is 25.6. The van der Waals surface area contributed by atoms with Crippen LogP contribution in [0.1, 0.15) is 34.5 Å². The summed E-state index contributed by atoms with van der Waals surface area (Å²) in [5.41, 5.74) is 6.99. The summed E-state index contributed by atoms with van der Waals surface area (Å²) in [4.78, 5) is 6.07. The first-order chi connectivity index (χ1) is 17.8. The van der Waals surface area contributed by atoms with E-state index in [0.29, 0.717) is 5.69 Å². The van der Waals surface area contributed by atoms with Gasteiger partial charge in [-0.3, -0.25) is 0 Å². The SMILES string of the molecule is CN1CCc2ccc(Nc3nc(C(F)(F)F)nn3-c3cc4c(nn3)-c3ccccc3CCC4)cc2CC1. The van der Waals surface area contributed by atoms with E-state index < -0.39 is 12.0 Å². The number of nitrogens with zero attached hydrogens (tertiary/aromatic N) is 6.